The molecular weight excluding hydrogens is 267 g/mol. The summed E-state index contributed by atoms with van der Waals surface area (Å²) in [5.41, 5.74) is 4.57. The first-order chi connectivity index (χ1) is 5.73. The minimum Gasteiger partial charge on any atom is -0.480 e. The number of quaternary nitrogens is 1. The number of carbonyl (C=O) groups is 1. The van der Waals surface area contributed by atoms with Crippen molar-refractivity contribution in [3.63, 3.8) is 0 Å². The molecule has 0 fully saturated rings. The van der Waals surface area contributed by atoms with Crippen molar-refractivity contribution in [2.24, 2.45) is 5.73 Å². The zero-order valence-corrected chi connectivity index (χ0v) is 8.29. The number of rotatable bonds is 1. The summed E-state index contributed by atoms with van der Waals surface area (Å²) in [6.45, 7) is -0.278. The first-order valence-electron chi connectivity index (χ1n) is 2.28. The molecule has 0 spiro atoms. The second kappa shape index (κ2) is 22.8. The summed E-state index contributed by atoms with van der Waals surface area (Å²) >= 11 is 0. The third-order valence-corrected chi connectivity index (χ3v) is 0.175. The predicted molar refractivity (Wildman–Crippen MR) is 43.4 cm³/mol. The van der Waals surface area contributed by atoms with Crippen LogP contribution in [0.5, 0.6) is 0 Å². The molecule has 0 heterocycles. The number of nitrogens with zero attached hydrogens (tertiary/aromatic N) is 2. The van der Waals surface area contributed by atoms with Crippen molar-refractivity contribution >= 4 is 5.97 Å². The average Bonchev–Trinajstić information content (AvgIpc) is 1.84. The van der Waals surface area contributed by atoms with Crippen LogP contribution in [-0.2, 0) is 21.3 Å². The summed E-state index contributed by atoms with van der Waals surface area (Å²) < 4.78 is 0. The summed E-state index contributed by atoms with van der Waals surface area (Å²) in [7, 11) is 0. The molecule has 95 valence electrons. The standard InChI is InChI=1S/C2H5NO2.2NO3.H3N.Ni/c3-1-2(4)5;2*2-1(3)4;;/h1,3H2,(H,4,5);;;1H3;/q;2*-1;;+1/p+1. The Morgan fingerprint density at radius 2 is 1.20 bits per heavy atom. The van der Waals surface area contributed by atoms with E-state index >= 15 is 0 Å². The molecule has 0 aliphatic carbocycles. The molecule has 1 radical (unpaired) electrons. The van der Waals surface area contributed by atoms with Gasteiger partial charge in [0.15, 0.2) is 0 Å². The molecule has 0 bridgehead atoms. The van der Waals surface area contributed by atoms with Gasteiger partial charge in [0.05, 0.1) is 16.7 Å². The molecule has 0 saturated heterocycles. The van der Waals surface area contributed by atoms with Gasteiger partial charge in [-0.05, 0) is 0 Å². The van der Waals surface area contributed by atoms with Crippen LogP contribution >= 0.6 is 0 Å². The van der Waals surface area contributed by atoms with Gasteiger partial charge >= 0.3 is 22.5 Å². The third kappa shape index (κ3) is 16200. The number of hydrogen-bond acceptors (Lipinski definition) is 8. The Morgan fingerprint density at radius 3 is 1.20 bits per heavy atom. The summed E-state index contributed by atoms with van der Waals surface area (Å²) in [6.07, 6.45) is 0. The fourth-order valence-electron chi connectivity index (χ4n) is 0. The predicted octanol–water partition coefficient (Wildman–Crippen LogP) is -1.07. The van der Waals surface area contributed by atoms with Gasteiger partial charge in [-0.25, -0.2) is 0 Å². The van der Waals surface area contributed by atoms with Gasteiger partial charge in [-0.2, -0.15) is 0 Å². The molecule has 0 aliphatic heterocycles. The van der Waals surface area contributed by atoms with Crippen LogP contribution in [0.4, 0.5) is 0 Å². The molecule has 15 heavy (non-hydrogen) atoms. The van der Waals surface area contributed by atoms with Crippen LogP contribution in [-0.4, -0.2) is 27.8 Å². The molecule has 0 atom stereocenters. The summed E-state index contributed by atoms with van der Waals surface area (Å²) in [5.74, 6) is -0.968. The molecule has 12 nitrogen and oxygen atoms in total. The summed E-state index contributed by atoms with van der Waals surface area (Å²) in [5, 5.41) is 37.1. The quantitative estimate of drug-likeness (QED) is 0.299. The molecule has 0 unspecified atom stereocenters. The summed E-state index contributed by atoms with van der Waals surface area (Å²) in [6, 6.07) is 0. The molecule has 0 amide bonds. The van der Waals surface area contributed by atoms with E-state index in [4.69, 9.17) is 35.7 Å². The number of aliphatic carboxylic acids is 1. The molecular formula is C2H9N4NiO8. The molecule has 7 N–H and O–H groups in total. The Kier molecular flexibility index (Phi) is 44.4. The number of carboxylic acids is 1. The van der Waals surface area contributed by atoms with Gasteiger partial charge in [0.1, 0.15) is 0 Å². The zero-order valence-electron chi connectivity index (χ0n) is 7.30. The van der Waals surface area contributed by atoms with Crippen LogP contribution in [0.15, 0.2) is 0 Å². The zero-order chi connectivity index (χ0) is 11.4. The first-order valence-corrected chi connectivity index (χ1v) is 2.28. The average molecular weight is 276 g/mol. The van der Waals surface area contributed by atoms with Crippen LogP contribution in [0.25, 0.3) is 0 Å². The Labute approximate surface area is 92.4 Å². The van der Waals surface area contributed by atoms with Crippen molar-refractivity contribution < 1.29 is 36.6 Å². The molecule has 0 aromatic heterocycles. The van der Waals surface area contributed by atoms with Crippen LogP contribution < -0.4 is 11.9 Å². The van der Waals surface area contributed by atoms with E-state index in [9.17, 15) is 4.79 Å². The number of nitrogens with two attached hydrogens (primary N) is 1. The molecule has 13 heteroatoms. The fourth-order valence-corrected chi connectivity index (χ4v) is 0. The minimum absolute atomic E-state index is 0. The van der Waals surface area contributed by atoms with E-state index in [0.29, 0.717) is 0 Å². The third-order valence-electron chi connectivity index (χ3n) is 0.175. The van der Waals surface area contributed by atoms with Crippen molar-refractivity contribution in [2.75, 3.05) is 6.54 Å². The summed E-state index contributed by atoms with van der Waals surface area (Å²) in [4.78, 5) is 25.7. The van der Waals surface area contributed by atoms with Crippen molar-refractivity contribution in [1.82, 2.24) is 6.15 Å². The van der Waals surface area contributed by atoms with Crippen LogP contribution in [0, 0.1) is 30.6 Å². The van der Waals surface area contributed by atoms with Crippen LogP contribution in [0.3, 0.4) is 0 Å². The second-order valence-electron chi connectivity index (χ2n) is 1.05. The van der Waals surface area contributed by atoms with Gasteiger partial charge in [-0.3, -0.25) is 4.79 Å². The molecule has 0 rings (SSSR count). The minimum atomic E-state index is -1.75. The van der Waals surface area contributed by atoms with Gasteiger partial charge in [0, 0.05) is 0 Å². The van der Waals surface area contributed by atoms with E-state index in [1.807, 2.05) is 0 Å². The van der Waals surface area contributed by atoms with E-state index in [1.54, 1.807) is 0 Å². The second-order valence-corrected chi connectivity index (χ2v) is 1.05. The first kappa shape index (κ1) is 29.2. The Morgan fingerprint density at radius 1 is 1.13 bits per heavy atom. The van der Waals surface area contributed by atoms with Crippen LogP contribution in [0.2, 0.25) is 0 Å². The molecule has 0 aromatic carbocycles. The van der Waals surface area contributed by atoms with E-state index in [2.05, 4.69) is 5.73 Å². The number of carboxylic acid groups (broad SMARTS) is 1. The maximum absolute atomic E-state index is 9.24. The van der Waals surface area contributed by atoms with E-state index < -0.39 is 16.1 Å². The Balaban J connectivity index is -0.0000000315. The van der Waals surface area contributed by atoms with Gasteiger partial charge in [-0.1, -0.05) is 0 Å². The van der Waals surface area contributed by atoms with Crippen molar-refractivity contribution in [2.45, 2.75) is 0 Å². The van der Waals surface area contributed by atoms with Gasteiger partial charge in [0.25, 0.3) is 0 Å². The van der Waals surface area contributed by atoms with Gasteiger partial charge in [0.2, 0.25) is 0 Å². The van der Waals surface area contributed by atoms with Gasteiger partial charge in [-0.15, -0.1) is 0 Å². The van der Waals surface area contributed by atoms with Crippen molar-refractivity contribution in [3.05, 3.63) is 30.6 Å². The Hall–Kier alpha value is -1.72. The molecule has 0 aromatic rings. The maximum Gasteiger partial charge on any atom is 1.00 e. The molecule has 0 aliphatic rings. The topological polar surface area (TPSA) is 232 Å². The van der Waals surface area contributed by atoms with Crippen molar-refractivity contribution in [1.29, 1.82) is 0 Å². The monoisotopic (exact) mass is 275 g/mol. The van der Waals surface area contributed by atoms with E-state index in [1.165, 1.54) is 0 Å². The van der Waals surface area contributed by atoms with Gasteiger partial charge < -0.3 is 47.6 Å². The molecule has 0 saturated carbocycles. The SMILES string of the molecule is NCC(=O)O.O=[N+]([O-])[O-].O=[N+]([O-])[O-].[NH4+].[Ni+]. The smallest absolute Gasteiger partial charge is 0.480 e. The van der Waals surface area contributed by atoms with E-state index in [0.717, 1.165) is 0 Å². The van der Waals surface area contributed by atoms with Crippen molar-refractivity contribution in [3.8, 4) is 0 Å². The van der Waals surface area contributed by atoms with Crippen LogP contribution in [0.1, 0.15) is 0 Å². The maximum atomic E-state index is 9.24. The normalized spacial score (nSPS) is 5.67. The fraction of sp³-hybridized carbons (Fsp3) is 0.500. The van der Waals surface area contributed by atoms with E-state index in [-0.39, 0.29) is 29.2 Å². The number of hydrogen-bond donors (Lipinski definition) is 3. The Bertz CT molecular complexity index is 154. The largest absolute Gasteiger partial charge is 1.00 e.